The third-order valence-electron chi connectivity index (χ3n) is 2.05. The van der Waals surface area contributed by atoms with Crippen LogP contribution in [-0.2, 0) is 14.3 Å². The third-order valence-corrected chi connectivity index (χ3v) is 2.05. The van der Waals surface area contributed by atoms with Gasteiger partial charge in [0.05, 0.1) is 6.61 Å². The van der Waals surface area contributed by atoms with E-state index in [0.29, 0.717) is 0 Å². The highest BCUT2D eigenvalue weighted by Gasteiger charge is 2.49. The fourth-order valence-electron chi connectivity index (χ4n) is 1.05. The number of alkyl halides is 2. The molecule has 0 amide bonds. The second-order valence-electron chi connectivity index (χ2n) is 3.37. The lowest BCUT2D eigenvalue weighted by atomic mass is 10.1. The number of hydrogen-bond acceptors (Lipinski definition) is 3. The van der Waals surface area contributed by atoms with Crippen LogP contribution in [0, 0.1) is 5.92 Å². The van der Waals surface area contributed by atoms with Gasteiger partial charge in [0, 0.05) is 6.42 Å². The number of hydrogen-bond donors (Lipinski definition) is 0. The highest BCUT2D eigenvalue weighted by Crippen LogP contribution is 2.35. The van der Waals surface area contributed by atoms with Crippen LogP contribution in [0.15, 0.2) is 0 Å². The Balaban J connectivity index is 2.52. The van der Waals surface area contributed by atoms with Gasteiger partial charge in [-0.1, -0.05) is 0 Å². The molecular formula is C9H12F2O3. The van der Waals surface area contributed by atoms with Gasteiger partial charge in [0.1, 0.15) is 0 Å². The van der Waals surface area contributed by atoms with E-state index in [1.165, 1.54) is 6.92 Å². The number of ketones is 1. The molecule has 1 rings (SSSR count). The van der Waals surface area contributed by atoms with Gasteiger partial charge in [0.2, 0.25) is 5.78 Å². The molecule has 0 aromatic heterocycles. The molecule has 0 aromatic carbocycles. The molecule has 1 fully saturated rings. The Kier molecular flexibility index (Phi) is 3.18. The summed E-state index contributed by atoms with van der Waals surface area (Å²) < 4.78 is 30.0. The molecule has 0 heterocycles. The number of carbonyl (C=O) groups is 2. The van der Waals surface area contributed by atoms with E-state index >= 15 is 0 Å². The number of ether oxygens (including phenoxy) is 1. The van der Waals surface area contributed by atoms with E-state index in [1.807, 2.05) is 0 Å². The van der Waals surface area contributed by atoms with Crippen molar-refractivity contribution in [2.75, 3.05) is 6.61 Å². The maximum atomic E-state index is 13.0. The predicted molar refractivity (Wildman–Crippen MR) is 43.9 cm³/mol. The standard InChI is InChI=1S/C9H12F2O3/c1-2-14-8(13)9(10,11)7(12)5-6-3-4-6/h6H,2-5H2,1H3. The molecule has 1 saturated carbocycles. The van der Waals surface area contributed by atoms with Crippen LogP contribution in [0.3, 0.4) is 0 Å². The third kappa shape index (κ3) is 2.49. The van der Waals surface area contributed by atoms with Crippen molar-refractivity contribution >= 4 is 11.8 Å². The Bertz CT molecular complexity index is 246. The molecule has 0 N–H and O–H groups in total. The molecule has 0 bridgehead atoms. The van der Waals surface area contributed by atoms with Crippen molar-refractivity contribution in [2.45, 2.75) is 32.1 Å². The topological polar surface area (TPSA) is 43.4 Å². The zero-order valence-corrected chi connectivity index (χ0v) is 7.89. The van der Waals surface area contributed by atoms with Crippen LogP contribution in [0.5, 0.6) is 0 Å². The summed E-state index contributed by atoms with van der Waals surface area (Å²) in [6, 6.07) is 0. The normalized spacial score (nSPS) is 16.5. The van der Waals surface area contributed by atoms with Gasteiger partial charge < -0.3 is 4.74 Å². The van der Waals surface area contributed by atoms with E-state index in [1.54, 1.807) is 0 Å². The van der Waals surface area contributed by atoms with Crippen LogP contribution in [0.1, 0.15) is 26.2 Å². The Morgan fingerprint density at radius 3 is 2.43 bits per heavy atom. The summed E-state index contributed by atoms with van der Waals surface area (Å²) in [5, 5.41) is 0. The van der Waals surface area contributed by atoms with Gasteiger partial charge in [0.15, 0.2) is 0 Å². The Morgan fingerprint density at radius 1 is 1.43 bits per heavy atom. The quantitative estimate of drug-likeness (QED) is 0.506. The van der Waals surface area contributed by atoms with Gasteiger partial charge in [0.25, 0.3) is 0 Å². The number of halogens is 2. The first kappa shape index (κ1) is 11.1. The van der Waals surface area contributed by atoms with Crippen LogP contribution in [0.25, 0.3) is 0 Å². The van der Waals surface area contributed by atoms with E-state index in [-0.39, 0.29) is 18.9 Å². The van der Waals surface area contributed by atoms with Crippen molar-refractivity contribution in [3.63, 3.8) is 0 Å². The number of Topliss-reactive ketones (excluding diaryl/α,β-unsaturated/α-hetero) is 1. The number of rotatable bonds is 5. The first-order chi connectivity index (χ1) is 6.48. The van der Waals surface area contributed by atoms with Crippen molar-refractivity contribution in [2.24, 2.45) is 5.92 Å². The molecule has 1 aliphatic carbocycles. The van der Waals surface area contributed by atoms with Crippen molar-refractivity contribution in [1.29, 1.82) is 0 Å². The molecule has 0 atom stereocenters. The van der Waals surface area contributed by atoms with Crippen molar-refractivity contribution in [1.82, 2.24) is 0 Å². The number of carbonyl (C=O) groups excluding carboxylic acids is 2. The molecule has 0 aromatic rings. The van der Waals surface area contributed by atoms with E-state index in [4.69, 9.17) is 0 Å². The van der Waals surface area contributed by atoms with Gasteiger partial charge in [-0.3, -0.25) is 4.79 Å². The molecule has 0 spiro atoms. The summed E-state index contributed by atoms with van der Waals surface area (Å²) >= 11 is 0. The van der Waals surface area contributed by atoms with Crippen molar-refractivity contribution < 1.29 is 23.1 Å². The summed E-state index contributed by atoms with van der Waals surface area (Å²) in [6.45, 7) is 1.27. The summed E-state index contributed by atoms with van der Waals surface area (Å²) in [4.78, 5) is 21.7. The van der Waals surface area contributed by atoms with Crippen LogP contribution in [-0.4, -0.2) is 24.3 Å². The predicted octanol–water partition coefficient (Wildman–Crippen LogP) is 1.55. The molecule has 0 aliphatic heterocycles. The Labute approximate surface area is 80.4 Å². The average molecular weight is 206 g/mol. The minimum atomic E-state index is -3.96. The molecule has 0 unspecified atom stereocenters. The summed E-state index contributed by atoms with van der Waals surface area (Å²) in [5.74, 6) is -6.97. The largest absolute Gasteiger partial charge is 0.461 e. The van der Waals surface area contributed by atoms with Crippen LogP contribution in [0.2, 0.25) is 0 Å². The maximum absolute atomic E-state index is 13.0. The second-order valence-corrected chi connectivity index (χ2v) is 3.37. The highest BCUT2D eigenvalue weighted by molar-refractivity contribution is 6.05. The molecule has 80 valence electrons. The molecule has 0 saturated heterocycles. The minimum Gasteiger partial charge on any atom is -0.461 e. The van der Waals surface area contributed by atoms with E-state index in [9.17, 15) is 18.4 Å². The molecule has 5 heteroatoms. The SMILES string of the molecule is CCOC(=O)C(F)(F)C(=O)CC1CC1. The Hall–Kier alpha value is -1.00. The molecule has 0 radical (unpaired) electrons. The lowest BCUT2D eigenvalue weighted by molar-refractivity contribution is -0.176. The van der Waals surface area contributed by atoms with Crippen molar-refractivity contribution in [3.05, 3.63) is 0 Å². The molecule has 14 heavy (non-hydrogen) atoms. The maximum Gasteiger partial charge on any atom is 0.399 e. The summed E-state index contributed by atoms with van der Waals surface area (Å²) in [7, 11) is 0. The Morgan fingerprint density at radius 2 is 2.00 bits per heavy atom. The molecule has 3 nitrogen and oxygen atoms in total. The van der Waals surface area contributed by atoms with Crippen LogP contribution >= 0.6 is 0 Å². The van der Waals surface area contributed by atoms with Crippen LogP contribution in [0.4, 0.5) is 8.78 Å². The second kappa shape index (κ2) is 4.02. The first-order valence-corrected chi connectivity index (χ1v) is 4.56. The zero-order chi connectivity index (χ0) is 10.8. The summed E-state index contributed by atoms with van der Waals surface area (Å²) in [5.41, 5.74) is 0. The van der Waals surface area contributed by atoms with Gasteiger partial charge >= 0.3 is 11.9 Å². The average Bonchev–Trinajstić information content (AvgIpc) is 2.88. The van der Waals surface area contributed by atoms with Gasteiger partial charge in [-0.15, -0.1) is 0 Å². The number of esters is 1. The van der Waals surface area contributed by atoms with Gasteiger partial charge in [-0.25, -0.2) is 4.79 Å². The lowest BCUT2D eigenvalue weighted by Crippen LogP contribution is -2.39. The lowest BCUT2D eigenvalue weighted by Gasteiger charge is -2.12. The van der Waals surface area contributed by atoms with E-state index in [0.717, 1.165) is 12.8 Å². The van der Waals surface area contributed by atoms with Gasteiger partial charge in [-0.2, -0.15) is 8.78 Å². The fraction of sp³-hybridized carbons (Fsp3) is 0.778. The van der Waals surface area contributed by atoms with E-state index in [2.05, 4.69) is 4.74 Å². The minimum absolute atomic E-state index is 0.0443. The van der Waals surface area contributed by atoms with Gasteiger partial charge in [-0.05, 0) is 25.7 Å². The first-order valence-electron chi connectivity index (χ1n) is 4.56. The molecule has 1 aliphatic rings. The smallest absolute Gasteiger partial charge is 0.399 e. The van der Waals surface area contributed by atoms with Crippen LogP contribution < -0.4 is 0 Å². The van der Waals surface area contributed by atoms with Crippen molar-refractivity contribution in [3.8, 4) is 0 Å². The fourth-order valence-corrected chi connectivity index (χ4v) is 1.05. The van der Waals surface area contributed by atoms with E-state index < -0.39 is 17.7 Å². The summed E-state index contributed by atoms with van der Waals surface area (Å²) in [6.07, 6.45) is 1.38. The highest BCUT2D eigenvalue weighted by atomic mass is 19.3. The zero-order valence-electron chi connectivity index (χ0n) is 7.89. The molecular weight excluding hydrogens is 194 g/mol. The monoisotopic (exact) mass is 206 g/mol.